The van der Waals surface area contributed by atoms with Crippen LogP contribution in [0.3, 0.4) is 0 Å². The van der Waals surface area contributed by atoms with E-state index in [1.165, 1.54) is 0 Å². The first-order valence-electron chi connectivity index (χ1n) is 6.44. The number of thioether (sulfide) groups is 1. The smallest absolute Gasteiger partial charge is 0.241 e. The molecule has 1 aliphatic heterocycles. The van der Waals surface area contributed by atoms with Gasteiger partial charge in [0.15, 0.2) is 0 Å². The van der Waals surface area contributed by atoms with Crippen molar-refractivity contribution in [1.82, 2.24) is 10.2 Å². The van der Waals surface area contributed by atoms with E-state index in [0.717, 1.165) is 13.0 Å². The van der Waals surface area contributed by atoms with Crippen molar-refractivity contribution in [2.45, 2.75) is 58.0 Å². The molecule has 0 saturated carbocycles. The van der Waals surface area contributed by atoms with Gasteiger partial charge in [0, 0.05) is 11.3 Å². The summed E-state index contributed by atoms with van der Waals surface area (Å²) in [4.78, 5) is 14.4. The van der Waals surface area contributed by atoms with Crippen molar-refractivity contribution in [2.24, 2.45) is 5.92 Å². The van der Waals surface area contributed by atoms with Crippen LogP contribution in [-0.2, 0) is 4.79 Å². The Hall–Kier alpha value is -0.220. The molecule has 3 atom stereocenters. The third-order valence-corrected chi connectivity index (χ3v) is 4.99. The molecule has 0 spiro atoms. The Kier molecular flexibility index (Phi) is 4.90. The summed E-state index contributed by atoms with van der Waals surface area (Å²) in [6.07, 6.45) is 3.30. The molecule has 1 saturated heterocycles. The number of nitrogens with one attached hydrogen (secondary N) is 1. The molecule has 3 nitrogen and oxygen atoms in total. The van der Waals surface area contributed by atoms with Crippen LogP contribution >= 0.6 is 11.8 Å². The second-order valence-corrected chi connectivity index (χ2v) is 7.15. The van der Waals surface area contributed by atoms with Crippen molar-refractivity contribution >= 4 is 17.7 Å². The summed E-state index contributed by atoms with van der Waals surface area (Å²) in [5, 5.41) is 3.42. The minimum absolute atomic E-state index is 0.00709. The Balaban J connectivity index is 2.72. The third kappa shape index (κ3) is 3.38. The van der Waals surface area contributed by atoms with Gasteiger partial charge >= 0.3 is 0 Å². The molecule has 0 aliphatic carbocycles. The number of amides is 1. The molecule has 1 fully saturated rings. The molecular weight excluding hydrogens is 232 g/mol. The molecule has 0 aromatic carbocycles. The molecular formula is C13H26N2OS. The normalized spacial score (nSPS) is 27.6. The maximum atomic E-state index is 12.4. The van der Waals surface area contributed by atoms with E-state index in [-0.39, 0.29) is 22.9 Å². The van der Waals surface area contributed by atoms with E-state index < -0.39 is 0 Å². The lowest BCUT2D eigenvalue weighted by molar-refractivity contribution is -0.131. The quantitative estimate of drug-likeness (QED) is 0.821. The zero-order valence-electron chi connectivity index (χ0n) is 11.9. The van der Waals surface area contributed by atoms with Crippen molar-refractivity contribution in [3.8, 4) is 0 Å². The number of nitrogens with zero attached hydrogens (tertiary/aromatic N) is 1. The van der Waals surface area contributed by atoms with Crippen LogP contribution in [0.25, 0.3) is 0 Å². The fraction of sp³-hybridized carbons (Fsp3) is 0.923. The Morgan fingerprint density at radius 1 is 1.53 bits per heavy atom. The molecule has 1 rings (SSSR count). The monoisotopic (exact) mass is 258 g/mol. The summed E-state index contributed by atoms with van der Waals surface area (Å²) in [6, 6.07) is 0.00709. The van der Waals surface area contributed by atoms with Gasteiger partial charge in [-0.2, -0.15) is 11.8 Å². The number of carbonyl (C=O) groups is 1. The standard InChI is InChI=1S/C13H26N2OS/c1-7-9(2)11-12(16)15(10(3)14-11)8-13(4,5)17-6/h9-11,14H,7-8H2,1-6H3. The first-order chi connectivity index (χ1) is 7.82. The molecule has 4 heteroatoms. The predicted octanol–water partition coefficient (Wildman–Crippen LogP) is 2.32. The molecule has 3 unspecified atom stereocenters. The SMILES string of the molecule is CCC(C)C1NC(C)N(CC(C)(C)SC)C1=O. The van der Waals surface area contributed by atoms with Crippen molar-refractivity contribution in [1.29, 1.82) is 0 Å². The van der Waals surface area contributed by atoms with Crippen LogP contribution in [0.5, 0.6) is 0 Å². The largest absolute Gasteiger partial charge is 0.325 e. The molecule has 100 valence electrons. The van der Waals surface area contributed by atoms with E-state index in [2.05, 4.69) is 46.2 Å². The zero-order valence-corrected chi connectivity index (χ0v) is 12.7. The molecule has 0 aromatic heterocycles. The molecule has 0 radical (unpaired) electrons. The van der Waals surface area contributed by atoms with Crippen LogP contribution in [0.15, 0.2) is 0 Å². The van der Waals surface area contributed by atoms with Gasteiger partial charge in [-0.3, -0.25) is 10.1 Å². The summed E-state index contributed by atoms with van der Waals surface area (Å²) in [6.45, 7) is 11.6. The highest BCUT2D eigenvalue weighted by atomic mass is 32.2. The average Bonchev–Trinajstić information content (AvgIpc) is 2.56. The van der Waals surface area contributed by atoms with E-state index in [1.807, 2.05) is 16.7 Å². The van der Waals surface area contributed by atoms with E-state index in [0.29, 0.717) is 5.92 Å². The summed E-state index contributed by atoms with van der Waals surface area (Å²) < 4.78 is 0.121. The summed E-state index contributed by atoms with van der Waals surface area (Å²) in [5.41, 5.74) is 0. The number of carbonyl (C=O) groups excluding carboxylic acids is 1. The summed E-state index contributed by atoms with van der Waals surface area (Å²) in [5.74, 6) is 0.682. The third-order valence-electron chi connectivity index (χ3n) is 3.75. The maximum Gasteiger partial charge on any atom is 0.241 e. The summed E-state index contributed by atoms with van der Waals surface area (Å²) >= 11 is 1.81. The van der Waals surface area contributed by atoms with E-state index in [9.17, 15) is 4.79 Å². The zero-order chi connectivity index (χ0) is 13.2. The Labute approximate surface area is 110 Å². The molecule has 0 bridgehead atoms. The van der Waals surface area contributed by atoms with Gasteiger partial charge in [0.25, 0.3) is 0 Å². The van der Waals surface area contributed by atoms with Gasteiger partial charge in [0.05, 0.1) is 12.2 Å². The first kappa shape index (κ1) is 14.8. The van der Waals surface area contributed by atoms with Gasteiger partial charge in [0.1, 0.15) is 0 Å². The number of hydrogen-bond acceptors (Lipinski definition) is 3. The highest BCUT2D eigenvalue weighted by Crippen LogP contribution is 2.27. The highest BCUT2D eigenvalue weighted by Gasteiger charge is 2.40. The molecule has 1 amide bonds. The van der Waals surface area contributed by atoms with Crippen LogP contribution in [0.1, 0.15) is 41.0 Å². The van der Waals surface area contributed by atoms with Crippen LogP contribution in [0.2, 0.25) is 0 Å². The summed E-state index contributed by atoms with van der Waals surface area (Å²) in [7, 11) is 0. The molecule has 1 N–H and O–H groups in total. The van der Waals surface area contributed by atoms with Gasteiger partial charge < -0.3 is 4.90 Å². The number of hydrogen-bond donors (Lipinski definition) is 1. The van der Waals surface area contributed by atoms with Crippen molar-refractivity contribution in [3.63, 3.8) is 0 Å². The van der Waals surface area contributed by atoms with Crippen LogP contribution in [0.4, 0.5) is 0 Å². The van der Waals surface area contributed by atoms with E-state index >= 15 is 0 Å². The second-order valence-electron chi connectivity index (χ2n) is 5.64. The Morgan fingerprint density at radius 3 is 2.59 bits per heavy atom. The van der Waals surface area contributed by atoms with Gasteiger partial charge in [-0.25, -0.2) is 0 Å². The van der Waals surface area contributed by atoms with Crippen LogP contribution in [-0.4, -0.2) is 40.6 Å². The highest BCUT2D eigenvalue weighted by molar-refractivity contribution is 7.99. The molecule has 1 aliphatic rings. The number of rotatable bonds is 5. The van der Waals surface area contributed by atoms with Gasteiger partial charge in [-0.05, 0) is 32.9 Å². The Morgan fingerprint density at radius 2 is 2.12 bits per heavy atom. The minimum Gasteiger partial charge on any atom is -0.325 e. The molecule has 0 aromatic rings. The Bertz CT molecular complexity index is 281. The van der Waals surface area contributed by atoms with Crippen LogP contribution in [0, 0.1) is 5.92 Å². The van der Waals surface area contributed by atoms with Crippen LogP contribution < -0.4 is 5.32 Å². The topological polar surface area (TPSA) is 32.3 Å². The lowest BCUT2D eigenvalue weighted by Crippen LogP contribution is -2.43. The lowest BCUT2D eigenvalue weighted by atomic mass is 9.99. The fourth-order valence-electron chi connectivity index (χ4n) is 2.12. The fourth-order valence-corrected chi connectivity index (χ4v) is 2.39. The molecule has 17 heavy (non-hydrogen) atoms. The van der Waals surface area contributed by atoms with Crippen molar-refractivity contribution in [2.75, 3.05) is 12.8 Å². The van der Waals surface area contributed by atoms with E-state index in [1.54, 1.807) is 0 Å². The predicted molar refractivity (Wildman–Crippen MR) is 75.1 cm³/mol. The van der Waals surface area contributed by atoms with Gasteiger partial charge in [0.2, 0.25) is 5.91 Å². The maximum absolute atomic E-state index is 12.4. The average molecular weight is 258 g/mol. The van der Waals surface area contributed by atoms with E-state index in [4.69, 9.17) is 0 Å². The second kappa shape index (κ2) is 5.61. The van der Waals surface area contributed by atoms with Gasteiger partial charge in [-0.1, -0.05) is 20.3 Å². The first-order valence-corrected chi connectivity index (χ1v) is 7.66. The van der Waals surface area contributed by atoms with Crippen molar-refractivity contribution in [3.05, 3.63) is 0 Å². The van der Waals surface area contributed by atoms with Crippen molar-refractivity contribution < 1.29 is 4.79 Å². The lowest BCUT2D eigenvalue weighted by Gasteiger charge is -2.31. The molecule has 1 heterocycles. The van der Waals surface area contributed by atoms with Gasteiger partial charge in [-0.15, -0.1) is 0 Å². The minimum atomic E-state index is 0.00709.